The van der Waals surface area contributed by atoms with Crippen LogP contribution in [0.1, 0.15) is 11.1 Å². The first kappa shape index (κ1) is 30.3. The Bertz CT molecular complexity index is 1010. The van der Waals surface area contributed by atoms with E-state index in [1.807, 2.05) is 36.4 Å². The van der Waals surface area contributed by atoms with Gasteiger partial charge >= 0.3 is 0 Å². The van der Waals surface area contributed by atoms with Crippen LogP contribution in [0, 0.1) is 0 Å². The highest BCUT2D eigenvalue weighted by molar-refractivity contribution is 5.44. The highest BCUT2D eigenvalue weighted by Crippen LogP contribution is 2.33. The van der Waals surface area contributed by atoms with Gasteiger partial charge in [0.15, 0.2) is 0 Å². The second-order valence-corrected chi connectivity index (χ2v) is 10.2. The van der Waals surface area contributed by atoms with Gasteiger partial charge in [-0.1, -0.05) is 6.07 Å². The zero-order valence-corrected chi connectivity index (χ0v) is 24.9. The van der Waals surface area contributed by atoms with Crippen LogP contribution < -0.4 is 57.4 Å². The molecule has 186 valence electrons. The van der Waals surface area contributed by atoms with E-state index in [0.717, 1.165) is 11.1 Å². The molecule has 0 heterocycles. The summed E-state index contributed by atoms with van der Waals surface area (Å²) < 4.78 is 13.5. The first-order valence-corrected chi connectivity index (χ1v) is 10.6. The summed E-state index contributed by atoms with van der Waals surface area (Å²) in [5.41, 5.74) is 1.66. The zero-order valence-electron chi connectivity index (χ0n) is 20.5. The van der Waals surface area contributed by atoms with E-state index in [0.29, 0.717) is 45.1 Å². The number of hydrogen-bond acceptors (Lipinski definition) is 4. The topological polar surface area (TPSA) is 58.9 Å². The third-order valence-corrected chi connectivity index (χ3v) is 4.67. The minimum absolute atomic E-state index is 0. The van der Waals surface area contributed by atoms with Gasteiger partial charge in [-0.05, 0) is 48.5 Å². The van der Waals surface area contributed by atoms with Crippen molar-refractivity contribution in [1.29, 1.82) is 0 Å². The lowest BCUT2D eigenvalue weighted by atomic mass is 10.1. The van der Waals surface area contributed by atoms with Gasteiger partial charge in [0.05, 0.1) is 53.4 Å². The summed E-state index contributed by atoms with van der Waals surface area (Å²) in [6.07, 6.45) is 0. The molecule has 0 saturated heterocycles. The van der Waals surface area contributed by atoms with Gasteiger partial charge in [-0.2, -0.15) is 0 Å². The van der Waals surface area contributed by atoms with Crippen LogP contribution in [0.15, 0.2) is 60.7 Å². The average molecular weight is 692 g/mol. The summed E-state index contributed by atoms with van der Waals surface area (Å²) in [6.45, 7) is 1.37. The van der Waals surface area contributed by atoms with Crippen molar-refractivity contribution in [2.75, 3.05) is 42.3 Å². The molecule has 0 amide bonds. The number of nitrogens with zero attached hydrogens (tertiary/aromatic N) is 2. The Morgan fingerprint density at radius 2 is 0.912 bits per heavy atom. The van der Waals surface area contributed by atoms with E-state index in [1.165, 1.54) is 0 Å². The summed E-state index contributed by atoms with van der Waals surface area (Å²) in [4.78, 5) is 0. The molecule has 0 aromatic heterocycles. The molecule has 6 nitrogen and oxygen atoms in total. The highest BCUT2D eigenvalue weighted by Gasteiger charge is 2.15. The Morgan fingerprint density at radius 3 is 1.26 bits per heavy atom. The van der Waals surface area contributed by atoms with Gasteiger partial charge in [0.25, 0.3) is 0 Å². The number of halogens is 2. The zero-order chi connectivity index (χ0) is 23.5. The summed E-state index contributed by atoms with van der Waals surface area (Å²) in [7, 11) is 12.4. The van der Waals surface area contributed by atoms with E-state index in [9.17, 15) is 10.2 Å². The van der Waals surface area contributed by atoms with Crippen molar-refractivity contribution >= 4 is 0 Å². The maximum absolute atomic E-state index is 10.2. The largest absolute Gasteiger partial charge is 1.00 e. The predicted octanol–water partition coefficient (Wildman–Crippen LogP) is -0.897. The van der Waals surface area contributed by atoms with Gasteiger partial charge in [0, 0.05) is 6.07 Å². The average Bonchev–Trinajstić information content (AvgIpc) is 2.65. The molecule has 8 heteroatoms. The Labute approximate surface area is 237 Å². The summed E-state index contributed by atoms with van der Waals surface area (Å²) in [6, 6.07) is 17.9. The molecule has 0 aliphatic rings. The summed E-state index contributed by atoms with van der Waals surface area (Å²) in [5, 5.41) is 20.4. The van der Waals surface area contributed by atoms with Crippen LogP contribution in [0.2, 0.25) is 0 Å². The van der Waals surface area contributed by atoms with Crippen LogP contribution in [0.3, 0.4) is 0 Å². The van der Waals surface area contributed by atoms with Crippen LogP contribution in [0.25, 0.3) is 0 Å². The van der Waals surface area contributed by atoms with E-state index in [4.69, 9.17) is 9.47 Å². The lowest BCUT2D eigenvalue weighted by Crippen LogP contribution is -3.00. The molecule has 0 aliphatic heterocycles. The minimum atomic E-state index is 0. The third kappa shape index (κ3) is 9.47. The van der Waals surface area contributed by atoms with E-state index < -0.39 is 0 Å². The van der Waals surface area contributed by atoms with Crippen molar-refractivity contribution in [3.63, 3.8) is 0 Å². The first-order chi connectivity index (χ1) is 14.9. The van der Waals surface area contributed by atoms with Crippen molar-refractivity contribution in [2.24, 2.45) is 0 Å². The smallest absolute Gasteiger partial charge is 0.131 e. The quantitative estimate of drug-likeness (QED) is 0.238. The molecule has 0 spiro atoms. The molecule has 3 rings (SSSR count). The SMILES string of the molecule is C[N+](C)(C)Cc1cc(Oc2cccc(Oc3ccc(O)c(C[N+](C)(C)C)c3)c2)ccc1O.[I-].[I-]. The number of phenols is 2. The van der Waals surface area contributed by atoms with Crippen LogP contribution in [0.4, 0.5) is 0 Å². The molecule has 0 saturated carbocycles. The van der Waals surface area contributed by atoms with Crippen molar-refractivity contribution in [1.82, 2.24) is 0 Å². The predicted molar refractivity (Wildman–Crippen MR) is 126 cm³/mol. The Kier molecular flexibility index (Phi) is 10.9. The fourth-order valence-corrected chi connectivity index (χ4v) is 3.40. The van der Waals surface area contributed by atoms with Crippen LogP contribution in [0.5, 0.6) is 34.5 Å². The minimum Gasteiger partial charge on any atom is -1.00 e. The van der Waals surface area contributed by atoms with Crippen LogP contribution >= 0.6 is 0 Å². The molecular formula is C26H34I2N2O4. The number of benzene rings is 3. The molecule has 34 heavy (non-hydrogen) atoms. The standard InChI is InChI=1S/C26H32N2O4.2HI/c1-27(2,3)17-19-14-23(10-12-25(19)29)31-21-8-7-9-22(16-21)32-24-11-13-26(30)20(15-24)18-28(4,5)6;;/h7-16H,17-18H2,1-6H3;2*1H. The fraction of sp³-hybridized carbons (Fsp3) is 0.308. The maximum atomic E-state index is 10.2. The highest BCUT2D eigenvalue weighted by atomic mass is 127. The molecule has 0 aliphatic carbocycles. The van der Waals surface area contributed by atoms with Crippen molar-refractivity contribution < 1.29 is 76.6 Å². The molecule has 3 aromatic rings. The molecule has 2 N–H and O–H groups in total. The number of rotatable bonds is 8. The van der Waals surface area contributed by atoms with E-state index >= 15 is 0 Å². The number of ether oxygens (including phenoxy) is 2. The molecule has 3 aromatic carbocycles. The Balaban J connectivity index is 0.00000289. The number of aromatic hydroxyl groups is 2. The summed E-state index contributed by atoms with van der Waals surface area (Å²) >= 11 is 0. The van der Waals surface area contributed by atoms with Crippen LogP contribution in [-0.4, -0.2) is 61.5 Å². The second kappa shape index (κ2) is 12.3. The maximum Gasteiger partial charge on any atom is 0.131 e. The van der Waals surface area contributed by atoms with Gasteiger partial charge in [0.1, 0.15) is 47.6 Å². The normalized spacial score (nSPS) is 11.2. The van der Waals surface area contributed by atoms with Gasteiger partial charge in [-0.3, -0.25) is 0 Å². The molecule has 0 unspecified atom stereocenters. The molecular weight excluding hydrogens is 658 g/mol. The molecule has 0 fully saturated rings. The fourth-order valence-electron chi connectivity index (χ4n) is 3.40. The summed E-state index contributed by atoms with van der Waals surface area (Å²) in [5.74, 6) is 3.10. The van der Waals surface area contributed by atoms with Crippen molar-refractivity contribution in [3.05, 3.63) is 71.8 Å². The van der Waals surface area contributed by atoms with Gasteiger partial charge < -0.3 is 76.6 Å². The lowest BCUT2D eigenvalue weighted by Gasteiger charge is -2.24. The number of phenolic OH excluding ortho intramolecular Hbond substituents is 2. The van der Waals surface area contributed by atoms with Crippen molar-refractivity contribution in [3.8, 4) is 34.5 Å². The van der Waals surface area contributed by atoms with Crippen LogP contribution in [-0.2, 0) is 13.1 Å². The first-order valence-electron chi connectivity index (χ1n) is 10.6. The molecule has 0 atom stereocenters. The van der Waals surface area contributed by atoms with E-state index in [1.54, 1.807) is 24.3 Å². The van der Waals surface area contributed by atoms with Gasteiger partial charge in [0.2, 0.25) is 0 Å². The van der Waals surface area contributed by atoms with E-state index in [-0.39, 0.29) is 59.5 Å². The van der Waals surface area contributed by atoms with Gasteiger partial charge in [-0.15, -0.1) is 0 Å². The Hall–Kier alpha value is -1.76. The Morgan fingerprint density at radius 1 is 0.559 bits per heavy atom. The lowest BCUT2D eigenvalue weighted by molar-refractivity contribution is -0.884. The number of quaternary nitrogens is 2. The molecule has 0 radical (unpaired) electrons. The van der Waals surface area contributed by atoms with E-state index in [2.05, 4.69) is 42.3 Å². The second-order valence-electron chi connectivity index (χ2n) is 10.2. The third-order valence-electron chi connectivity index (χ3n) is 4.67. The van der Waals surface area contributed by atoms with Gasteiger partial charge in [-0.25, -0.2) is 0 Å². The monoisotopic (exact) mass is 692 g/mol. The molecule has 0 bridgehead atoms. The number of hydrogen-bond donors (Lipinski definition) is 2. The van der Waals surface area contributed by atoms with Crippen molar-refractivity contribution in [2.45, 2.75) is 13.1 Å².